The van der Waals surface area contributed by atoms with Crippen LogP contribution in [0.3, 0.4) is 0 Å². The second-order valence-corrected chi connectivity index (χ2v) is 9.35. The van der Waals surface area contributed by atoms with Crippen molar-refractivity contribution >= 4 is 35.5 Å². The first-order chi connectivity index (χ1) is 18.0. The van der Waals surface area contributed by atoms with E-state index in [4.69, 9.17) is 44.9 Å². The molecule has 38 heavy (non-hydrogen) atoms. The van der Waals surface area contributed by atoms with E-state index in [2.05, 4.69) is 0 Å². The second-order valence-electron chi connectivity index (χ2n) is 8.95. The molecule has 6 atom stereocenters. The van der Waals surface area contributed by atoms with Gasteiger partial charge in [-0.3, -0.25) is 19.2 Å². The number of carbonyl (C=O) groups excluding carboxylic acids is 4. The van der Waals surface area contributed by atoms with Crippen molar-refractivity contribution in [1.82, 2.24) is 5.06 Å². The summed E-state index contributed by atoms with van der Waals surface area (Å²) >= 11 is 6.42. The molecule has 2 fully saturated rings. The van der Waals surface area contributed by atoms with E-state index >= 15 is 0 Å². The number of benzene rings is 1. The molecule has 0 amide bonds. The Hall–Kier alpha value is -2.93. The number of esters is 3. The molecule has 1 saturated carbocycles. The number of nitrogens with zero attached hydrogens (tertiary/aromatic N) is 1. The maximum atomic E-state index is 12.1. The third-order valence-corrected chi connectivity index (χ3v) is 6.22. The molecule has 1 aromatic carbocycles. The van der Waals surface area contributed by atoms with Crippen molar-refractivity contribution < 1.29 is 52.4 Å². The zero-order valence-electron chi connectivity index (χ0n) is 21.8. The fourth-order valence-electron chi connectivity index (χ4n) is 4.35. The Labute approximate surface area is 225 Å². The molecule has 3 rings (SSSR count). The maximum absolute atomic E-state index is 12.1. The zero-order chi connectivity index (χ0) is 28.0. The first-order valence-electron chi connectivity index (χ1n) is 12.1. The zero-order valence-corrected chi connectivity index (χ0v) is 22.6. The lowest BCUT2D eigenvalue weighted by Crippen LogP contribution is -2.61. The number of halogens is 1. The van der Waals surface area contributed by atoms with Crippen molar-refractivity contribution in [2.45, 2.75) is 83.8 Å². The first-order valence-corrected chi connectivity index (χ1v) is 12.4. The van der Waals surface area contributed by atoms with E-state index in [1.807, 2.05) is 0 Å². The Bertz CT molecular complexity index is 1030. The van der Waals surface area contributed by atoms with Crippen LogP contribution in [-0.2, 0) is 47.7 Å². The molecule has 13 heteroatoms. The minimum absolute atomic E-state index is 0.0906. The summed E-state index contributed by atoms with van der Waals surface area (Å²) in [6.07, 6.45) is -2.73. The van der Waals surface area contributed by atoms with E-state index in [0.29, 0.717) is 22.8 Å². The van der Waals surface area contributed by atoms with Gasteiger partial charge in [-0.25, -0.2) is 0 Å². The Morgan fingerprint density at radius 3 is 2.24 bits per heavy atom. The lowest BCUT2D eigenvalue weighted by atomic mass is 10.1. The van der Waals surface area contributed by atoms with Crippen molar-refractivity contribution in [3.05, 3.63) is 28.8 Å². The van der Waals surface area contributed by atoms with Gasteiger partial charge < -0.3 is 33.3 Å². The molecular formula is C25H32ClNO11. The van der Waals surface area contributed by atoms with Crippen LogP contribution in [0, 0.1) is 0 Å². The second kappa shape index (κ2) is 13.2. The molecule has 1 saturated heterocycles. The van der Waals surface area contributed by atoms with Gasteiger partial charge in [-0.1, -0.05) is 22.7 Å². The summed E-state index contributed by atoms with van der Waals surface area (Å²) < 4.78 is 33.6. The summed E-state index contributed by atoms with van der Waals surface area (Å²) in [5.41, 5.74) is 0.415. The highest BCUT2D eigenvalue weighted by Gasteiger charge is 2.51. The summed E-state index contributed by atoms with van der Waals surface area (Å²) in [5, 5.41) is 1.32. The molecule has 0 N–H and O–H groups in total. The summed E-state index contributed by atoms with van der Waals surface area (Å²) in [6, 6.07) is 4.82. The van der Waals surface area contributed by atoms with E-state index in [-0.39, 0.29) is 18.8 Å². The van der Waals surface area contributed by atoms with Crippen LogP contribution in [-0.4, -0.2) is 73.3 Å². The van der Waals surface area contributed by atoms with Gasteiger partial charge in [0.15, 0.2) is 12.3 Å². The number of hydroxylamine groups is 2. The van der Waals surface area contributed by atoms with E-state index in [1.54, 1.807) is 25.3 Å². The summed E-state index contributed by atoms with van der Waals surface area (Å²) in [6.45, 7) is 4.31. The fourth-order valence-corrected chi connectivity index (χ4v) is 4.51. The van der Waals surface area contributed by atoms with E-state index in [1.165, 1.54) is 6.92 Å². The standard InChI is InChI=1S/C25H32ClNO11/c1-13(28)33-12-22-23(34-14(2)29)25(35-15(3)30)27(38-16(4)31)24(37-22)17-6-9-20(26)21(10-17)36-19-8-7-18(11-19)32-5/h6,9-10,18-19,22-25H,7-8,11-12H2,1-5H3/t18?,19?,22?,23-,24+,25+/m1/s1. The van der Waals surface area contributed by atoms with Crippen molar-refractivity contribution in [2.75, 3.05) is 13.7 Å². The van der Waals surface area contributed by atoms with Crippen LogP contribution < -0.4 is 4.74 Å². The lowest BCUT2D eigenvalue weighted by molar-refractivity contribution is -0.367. The summed E-state index contributed by atoms with van der Waals surface area (Å²) in [4.78, 5) is 52.9. The number of rotatable bonds is 9. The van der Waals surface area contributed by atoms with Gasteiger partial charge in [0, 0.05) is 46.8 Å². The number of ether oxygens (including phenoxy) is 6. The number of hydrogen-bond donors (Lipinski definition) is 0. The molecule has 1 heterocycles. The highest BCUT2D eigenvalue weighted by atomic mass is 35.5. The first kappa shape index (κ1) is 29.6. The van der Waals surface area contributed by atoms with Gasteiger partial charge in [-0.05, 0) is 25.0 Å². The molecule has 1 aromatic rings. The van der Waals surface area contributed by atoms with Crippen LogP contribution in [0.4, 0.5) is 0 Å². The highest BCUT2D eigenvalue weighted by molar-refractivity contribution is 6.32. The van der Waals surface area contributed by atoms with Crippen LogP contribution in [0.2, 0.25) is 5.02 Å². The number of carbonyl (C=O) groups is 4. The average Bonchev–Trinajstić information content (AvgIpc) is 3.28. The Kier molecular flexibility index (Phi) is 10.3. The monoisotopic (exact) mass is 557 g/mol. The smallest absolute Gasteiger partial charge is 0.322 e. The predicted molar refractivity (Wildman–Crippen MR) is 129 cm³/mol. The van der Waals surface area contributed by atoms with Crippen molar-refractivity contribution in [1.29, 1.82) is 0 Å². The third kappa shape index (κ3) is 7.79. The molecule has 0 aromatic heterocycles. The minimum atomic E-state index is -1.43. The molecule has 3 unspecified atom stereocenters. The summed E-state index contributed by atoms with van der Waals surface area (Å²) in [7, 11) is 1.65. The maximum Gasteiger partial charge on any atom is 0.322 e. The van der Waals surface area contributed by atoms with Gasteiger partial charge >= 0.3 is 23.9 Å². The highest BCUT2D eigenvalue weighted by Crippen LogP contribution is 2.39. The van der Waals surface area contributed by atoms with Crippen LogP contribution in [0.25, 0.3) is 0 Å². The quantitative estimate of drug-likeness (QED) is 0.326. The average molecular weight is 558 g/mol. The fraction of sp³-hybridized carbons (Fsp3) is 0.600. The number of methoxy groups -OCH3 is 1. The molecule has 1 aliphatic heterocycles. The van der Waals surface area contributed by atoms with Crippen molar-refractivity contribution in [2.24, 2.45) is 0 Å². The summed E-state index contributed by atoms with van der Waals surface area (Å²) in [5.74, 6) is -2.47. The Balaban J connectivity index is 2.00. The van der Waals surface area contributed by atoms with Crippen LogP contribution in [0.1, 0.15) is 58.7 Å². The lowest BCUT2D eigenvalue weighted by Gasteiger charge is -2.45. The van der Waals surface area contributed by atoms with Gasteiger partial charge in [-0.2, -0.15) is 0 Å². The topological polar surface area (TPSA) is 136 Å². The largest absolute Gasteiger partial charge is 0.489 e. The third-order valence-electron chi connectivity index (χ3n) is 5.91. The van der Waals surface area contributed by atoms with Crippen LogP contribution in [0.5, 0.6) is 5.75 Å². The van der Waals surface area contributed by atoms with E-state index in [0.717, 1.165) is 38.7 Å². The minimum Gasteiger partial charge on any atom is -0.489 e. The van der Waals surface area contributed by atoms with Gasteiger partial charge in [0.25, 0.3) is 0 Å². The molecular weight excluding hydrogens is 526 g/mol. The van der Waals surface area contributed by atoms with E-state index in [9.17, 15) is 19.2 Å². The number of hydrogen-bond acceptors (Lipinski definition) is 12. The molecule has 0 radical (unpaired) electrons. The van der Waals surface area contributed by atoms with E-state index < -0.39 is 48.5 Å². The predicted octanol–water partition coefficient (Wildman–Crippen LogP) is 2.85. The molecule has 2 aliphatic rings. The SMILES string of the molecule is COC1CCC(Oc2cc([C@@H]3OC(COC(C)=O)[C@@H](OC(C)=O)[C@H](OC(C)=O)N3OC(C)=O)ccc2Cl)C1. The Morgan fingerprint density at radius 1 is 0.974 bits per heavy atom. The molecule has 12 nitrogen and oxygen atoms in total. The normalized spacial score (nSPS) is 27.3. The van der Waals surface area contributed by atoms with Gasteiger partial charge in [-0.15, -0.1) is 0 Å². The van der Waals surface area contributed by atoms with Gasteiger partial charge in [0.1, 0.15) is 24.6 Å². The Morgan fingerprint density at radius 2 is 1.66 bits per heavy atom. The molecule has 210 valence electrons. The van der Waals surface area contributed by atoms with Crippen LogP contribution in [0.15, 0.2) is 18.2 Å². The van der Waals surface area contributed by atoms with Crippen molar-refractivity contribution in [3.8, 4) is 5.75 Å². The molecule has 0 bridgehead atoms. The van der Waals surface area contributed by atoms with Crippen LogP contribution >= 0.6 is 11.6 Å². The van der Waals surface area contributed by atoms with Gasteiger partial charge in [0.05, 0.1) is 11.1 Å². The van der Waals surface area contributed by atoms with Gasteiger partial charge in [0.2, 0.25) is 6.23 Å². The van der Waals surface area contributed by atoms with Crippen molar-refractivity contribution in [3.63, 3.8) is 0 Å². The molecule has 1 aliphatic carbocycles. The molecule has 0 spiro atoms.